The first-order valence-corrected chi connectivity index (χ1v) is 10.2. The fourth-order valence-electron chi connectivity index (χ4n) is 3.48. The van der Waals surface area contributed by atoms with E-state index >= 15 is 0 Å². The molecule has 2 heterocycles. The van der Waals surface area contributed by atoms with Crippen LogP contribution in [-0.2, 0) is 0 Å². The molecule has 0 spiro atoms. The molecular weight excluding hydrogens is 354 g/mol. The second-order valence-electron chi connectivity index (χ2n) is 6.87. The van der Waals surface area contributed by atoms with Crippen molar-refractivity contribution in [1.29, 1.82) is 0 Å². The summed E-state index contributed by atoms with van der Waals surface area (Å²) in [4.78, 5) is 18.7. The zero-order chi connectivity index (χ0) is 18.6. The predicted octanol–water partition coefficient (Wildman–Crippen LogP) is 5.17. The molecule has 1 aromatic carbocycles. The average molecular weight is 378 g/mol. The van der Waals surface area contributed by atoms with Crippen molar-refractivity contribution in [2.24, 2.45) is 0 Å². The molecule has 0 bridgehead atoms. The summed E-state index contributed by atoms with van der Waals surface area (Å²) in [7, 11) is 0. The van der Waals surface area contributed by atoms with Crippen LogP contribution in [0, 0.1) is 0 Å². The second-order valence-corrected chi connectivity index (χ2v) is 7.87. The Morgan fingerprint density at radius 3 is 2.78 bits per heavy atom. The van der Waals surface area contributed by atoms with Crippen LogP contribution in [-0.4, -0.2) is 17.4 Å². The molecule has 2 aromatic heterocycles. The van der Waals surface area contributed by atoms with Crippen LogP contribution < -0.4 is 11.1 Å². The third-order valence-corrected chi connectivity index (χ3v) is 6.10. The van der Waals surface area contributed by atoms with Crippen LogP contribution in [0.1, 0.15) is 41.8 Å². The van der Waals surface area contributed by atoms with Gasteiger partial charge in [-0.05, 0) is 44.2 Å². The highest BCUT2D eigenvalue weighted by Gasteiger charge is 2.17. The number of carbonyl (C=O) groups is 1. The Hall–Kier alpha value is -2.66. The number of amides is 1. The van der Waals surface area contributed by atoms with E-state index < -0.39 is 0 Å². The van der Waals surface area contributed by atoms with E-state index in [9.17, 15) is 4.79 Å². The summed E-state index contributed by atoms with van der Waals surface area (Å²) in [5.74, 6) is -0.104. The number of nitrogen functional groups attached to an aromatic ring is 1. The molecule has 0 saturated carbocycles. The van der Waals surface area contributed by atoms with E-state index in [-0.39, 0.29) is 5.91 Å². The standard InChI is InChI=1S/C22H23N3OS/c23-19-17-11-12-18(16-9-5-2-6-10-16)25-22(17)27-20(19)21(26)24-14-13-15-7-3-1-4-8-15/h2,5-7,9-12H,1,3-4,8,13-14,23H2,(H,24,26). The number of carbonyl (C=O) groups excluding carboxylic acids is 1. The molecule has 4 nitrogen and oxygen atoms in total. The molecule has 0 unspecified atom stereocenters. The van der Waals surface area contributed by atoms with E-state index in [4.69, 9.17) is 10.7 Å². The highest BCUT2D eigenvalue weighted by atomic mass is 32.1. The highest BCUT2D eigenvalue weighted by molar-refractivity contribution is 7.21. The lowest BCUT2D eigenvalue weighted by Crippen LogP contribution is -2.24. The number of anilines is 1. The first-order chi connectivity index (χ1) is 13.2. The second kappa shape index (κ2) is 7.92. The van der Waals surface area contributed by atoms with Gasteiger partial charge in [-0.15, -0.1) is 11.3 Å². The van der Waals surface area contributed by atoms with Crippen LogP contribution in [0.25, 0.3) is 21.5 Å². The molecule has 3 aromatic rings. The molecule has 1 aliphatic carbocycles. The molecule has 0 atom stereocenters. The van der Waals surface area contributed by atoms with Crippen LogP contribution >= 0.6 is 11.3 Å². The van der Waals surface area contributed by atoms with Gasteiger partial charge in [0, 0.05) is 17.5 Å². The van der Waals surface area contributed by atoms with Gasteiger partial charge in [0.25, 0.3) is 5.91 Å². The number of aromatic nitrogens is 1. The topological polar surface area (TPSA) is 68.0 Å². The van der Waals surface area contributed by atoms with Gasteiger partial charge in [0.1, 0.15) is 9.71 Å². The smallest absolute Gasteiger partial charge is 0.263 e. The predicted molar refractivity (Wildman–Crippen MR) is 113 cm³/mol. The number of hydrogen-bond donors (Lipinski definition) is 2. The molecule has 1 amide bonds. The van der Waals surface area contributed by atoms with Gasteiger partial charge in [-0.1, -0.05) is 42.0 Å². The summed E-state index contributed by atoms with van der Waals surface area (Å²) in [6.07, 6.45) is 8.12. The molecule has 3 N–H and O–H groups in total. The minimum atomic E-state index is -0.104. The minimum Gasteiger partial charge on any atom is -0.397 e. The van der Waals surface area contributed by atoms with Gasteiger partial charge in [-0.2, -0.15) is 0 Å². The first-order valence-electron chi connectivity index (χ1n) is 9.43. The highest BCUT2D eigenvalue weighted by Crippen LogP contribution is 2.34. The summed E-state index contributed by atoms with van der Waals surface area (Å²) < 4.78 is 0. The van der Waals surface area contributed by atoms with E-state index in [1.54, 1.807) is 0 Å². The zero-order valence-corrected chi connectivity index (χ0v) is 16.0. The summed E-state index contributed by atoms with van der Waals surface area (Å²) in [6.45, 7) is 0.654. The molecule has 138 valence electrons. The van der Waals surface area contributed by atoms with E-state index in [2.05, 4.69) is 11.4 Å². The third-order valence-electron chi connectivity index (χ3n) is 4.99. The molecule has 0 aliphatic heterocycles. The van der Waals surface area contributed by atoms with Crippen LogP contribution in [0.3, 0.4) is 0 Å². The molecule has 0 saturated heterocycles. The summed E-state index contributed by atoms with van der Waals surface area (Å²) in [5.41, 5.74) is 10.2. The Balaban J connectivity index is 1.50. The fourth-order valence-corrected chi connectivity index (χ4v) is 4.49. The number of hydrogen-bond acceptors (Lipinski definition) is 4. The number of nitrogens with two attached hydrogens (primary N) is 1. The Labute approximate surface area is 163 Å². The van der Waals surface area contributed by atoms with E-state index in [0.29, 0.717) is 17.1 Å². The van der Waals surface area contributed by atoms with Gasteiger partial charge >= 0.3 is 0 Å². The van der Waals surface area contributed by atoms with E-state index in [1.807, 2.05) is 42.5 Å². The number of allylic oxidation sites excluding steroid dienone is 1. The lowest BCUT2D eigenvalue weighted by Gasteiger charge is -2.12. The maximum atomic E-state index is 12.6. The summed E-state index contributed by atoms with van der Waals surface area (Å²) in [6, 6.07) is 13.9. The number of thiophene rings is 1. The van der Waals surface area contributed by atoms with Gasteiger partial charge in [0.2, 0.25) is 0 Å². The Kier molecular flexibility index (Phi) is 5.21. The van der Waals surface area contributed by atoms with Gasteiger partial charge < -0.3 is 11.1 Å². The average Bonchev–Trinajstić information content (AvgIpc) is 3.05. The number of benzene rings is 1. The lowest BCUT2D eigenvalue weighted by molar-refractivity contribution is 0.0959. The molecule has 1 aliphatic rings. The summed E-state index contributed by atoms with van der Waals surface area (Å²) >= 11 is 1.36. The van der Waals surface area contributed by atoms with E-state index in [0.717, 1.165) is 34.3 Å². The maximum Gasteiger partial charge on any atom is 0.263 e. The van der Waals surface area contributed by atoms with Crippen LogP contribution in [0.4, 0.5) is 5.69 Å². The van der Waals surface area contributed by atoms with Crippen molar-refractivity contribution < 1.29 is 4.79 Å². The van der Waals surface area contributed by atoms with Gasteiger partial charge in [-0.3, -0.25) is 4.79 Å². The Bertz CT molecular complexity index is 991. The lowest BCUT2D eigenvalue weighted by atomic mass is 9.97. The fraction of sp³-hybridized carbons (Fsp3) is 0.273. The van der Waals surface area contributed by atoms with Gasteiger partial charge in [0.15, 0.2) is 0 Å². The molecule has 4 rings (SSSR count). The number of fused-ring (bicyclic) bond motifs is 1. The van der Waals surface area contributed by atoms with Crippen molar-refractivity contribution in [2.75, 3.05) is 12.3 Å². The largest absolute Gasteiger partial charge is 0.397 e. The molecule has 27 heavy (non-hydrogen) atoms. The number of nitrogens with one attached hydrogen (secondary N) is 1. The van der Waals surface area contributed by atoms with E-state index in [1.165, 1.54) is 36.2 Å². The van der Waals surface area contributed by atoms with Crippen molar-refractivity contribution in [3.8, 4) is 11.3 Å². The molecule has 5 heteroatoms. The molecule has 0 fully saturated rings. The van der Waals surface area contributed by atoms with Crippen LogP contribution in [0.2, 0.25) is 0 Å². The van der Waals surface area contributed by atoms with Gasteiger partial charge in [0.05, 0.1) is 11.4 Å². The Morgan fingerprint density at radius 2 is 2.00 bits per heavy atom. The van der Waals surface area contributed by atoms with Crippen molar-refractivity contribution in [2.45, 2.75) is 32.1 Å². The van der Waals surface area contributed by atoms with Crippen LogP contribution in [0.5, 0.6) is 0 Å². The Morgan fingerprint density at radius 1 is 1.15 bits per heavy atom. The normalized spacial score (nSPS) is 14.1. The summed E-state index contributed by atoms with van der Waals surface area (Å²) in [5, 5.41) is 3.86. The number of rotatable bonds is 5. The monoisotopic (exact) mass is 377 g/mol. The number of pyridine rings is 1. The first kappa shape index (κ1) is 17.7. The maximum absolute atomic E-state index is 12.6. The van der Waals surface area contributed by atoms with Gasteiger partial charge in [-0.25, -0.2) is 4.98 Å². The van der Waals surface area contributed by atoms with Crippen molar-refractivity contribution in [1.82, 2.24) is 10.3 Å². The number of nitrogens with zero attached hydrogens (tertiary/aromatic N) is 1. The van der Waals surface area contributed by atoms with Crippen molar-refractivity contribution >= 4 is 33.1 Å². The minimum absolute atomic E-state index is 0.104. The zero-order valence-electron chi connectivity index (χ0n) is 15.2. The molecule has 0 radical (unpaired) electrons. The van der Waals surface area contributed by atoms with Crippen molar-refractivity contribution in [3.63, 3.8) is 0 Å². The van der Waals surface area contributed by atoms with Crippen LogP contribution in [0.15, 0.2) is 54.1 Å². The SMILES string of the molecule is Nc1c(C(=O)NCCC2=CCCCC2)sc2nc(-c3ccccc3)ccc12. The molecular formula is C22H23N3OS. The quantitative estimate of drug-likeness (QED) is 0.603. The third kappa shape index (κ3) is 3.88. The van der Waals surface area contributed by atoms with Crippen molar-refractivity contribution in [3.05, 3.63) is 59.0 Å².